The van der Waals surface area contributed by atoms with Crippen LogP contribution >= 0.6 is 11.6 Å². The summed E-state index contributed by atoms with van der Waals surface area (Å²) in [6, 6.07) is 4.39. The second-order valence-electron chi connectivity index (χ2n) is 3.77. The summed E-state index contributed by atoms with van der Waals surface area (Å²) in [4.78, 5) is 0.146. The van der Waals surface area contributed by atoms with E-state index in [1.165, 1.54) is 36.7 Å². The first-order chi connectivity index (χ1) is 8.43. The predicted molar refractivity (Wildman–Crippen MR) is 71.5 cm³/mol. The van der Waals surface area contributed by atoms with Crippen LogP contribution in [-0.4, -0.2) is 40.0 Å². The van der Waals surface area contributed by atoms with E-state index >= 15 is 0 Å². The van der Waals surface area contributed by atoms with Gasteiger partial charge in [-0.2, -0.15) is 0 Å². The summed E-state index contributed by atoms with van der Waals surface area (Å²) in [7, 11) is -0.529. The fraction of sp³-hybridized carbons (Fsp3) is 0.455. The maximum atomic E-state index is 12.2. The quantitative estimate of drug-likeness (QED) is 0.858. The van der Waals surface area contributed by atoms with Crippen LogP contribution in [0.25, 0.3) is 0 Å². The third-order valence-electron chi connectivity index (χ3n) is 2.51. The number of methoxy groups -OCH3 is 1. The van der Waals surface area contributed by atoms with Gasteiger partial charge in [-0.15, -0.1) is 0 Å². The summed E-state index contributed by atoms with van der Waals surface area (Å²) in [6.07, 6.45) is 0.611. The molecule has 0 aliphatic rings. The number of benzene rings is 1. The Labute approximate surface area is 113 Å². The molecule has 0 spiro atoms. The van der Waals surface area contributed by atoms with Crippen LogP contribution in [0.2, 0.25) is 5.02 Å². The molecule has 1 aromatic carbocycles. The lowest BCUT2D eigenvalue weighted by molar-refractivity contribution is 0.414. The summed E-state index contributed by atoms with van der Waals surface area (Å²) in [5.41, 5.74) is 5.36. The first-order valence-corrected chi connectivity index (χ1v) is 7.25. The highest BCUT2D eigenvalue weighted by molar-refractivity contribution is 7.89. The van der Waals surface area contributed by atoms with Crippen molar-refractivity contribution in [2.24, 2.45) is 5.73 Å². The first-order valence-electron chi connectivity index (χ1n) is 5.43. The summed E-state index contributed by atoms with van der Waals surface area (Å²) in [6.45, 7) is 0.825. The van der Waals surface area contributed by atoms with Crippen molar-refractivity contribution in [3.8, 4) is 5.75 Å². The van der Waals surface area contributed by atoms with E-state index in [9.17, 15) is 8.42 Å². The Kier molecular flexibility index (Phi) is 5.40. The van der Waals surface area contributed by atoms with E-state index < -0.39 is 10.0 Å². The van der Waals surface area contributed by atoms with Gasteiger partial charge in [-0.25, -0.2) is 12.7 Å². The van der Waals surface area contributed by atoms with Crippen LogP contribution in [0.1, 0.15) is 6.42 Å². The lowest BCUT2D eigenvalue weighted by atomic mass is 10.3. The van der Waals surface area contributed by atoms with Crippen molar-refractivity contribution in [1.29, 1.82) is 0 Å². The zero-order chi connectivity index (χ0) is 13.8. The molecule has 5 nitrogen and oxygen atoms in total. The monoisotopic (exact) mass is 292 g/mol. The van der Waals surface area contributed by atoms with Crippen molar-refractivity contribution in [2.75, 3.05) is 27.2 Å². The predicted octanol–water partition coefficient (Wildman–Crippen LogP) is 1.32. The van der Waals surface area contributed by atoms with Gasteiger partial charge in [0.2, 0.25) is 10.0 Å². The second kappa shape index (κ2) is 6.38. The number of hydrogen-bond donors (Lipinski definition) is 1. The molecule has 0 radical (unpaired) electrons. The highest BCUT2D eigenvalue weighted by Crippen LogP contribution is 2.27. The molecule has 1 aromatic rings. The number of rotatable bonds is 6. The maximum absolute atomic E-state index is 12.2. The molecule has 0 fully saturated rings. The van der Waals surface area contributed by atoms with Crippen LogP contribution < -0.4 is 10.5 Å². The van der Waals surface area contributed by atoms with Crippen molar-refractivity contribution in [1.82, 2.24) is 4.31 Å². The molecule has 0 saturated carbocycles. The third kappa shape index (κ3) is 3.35. The Morgan fingerprint density at radius 2 is 2.11 bits per heavy atom. The molecule has 2 N–H and O–H groups in total. The normalized spacial score (nSPS) is 11.8. The van der Waals surface area contributed by atoms with Gasteiger partial charge in [0.05, 0.1) is 17.0 Å². The molecule has 0 heterocycles. The SMILES string of the molecule is COc1ccc(S(=O)(=O)N(C)CCCN)cc1Cl. The minimum atomic E-state index is -3.52. The fourth-order valence-electron chi connectivity index (χ4n) is 1.42. The Hall–Kier alpha value is -0.820. The van der Waals surface area contributed by atoms with Gasteiger partial charge < -0.3 is 10.5 Å². The topological polar surface area (TPSA) is 72.6 Å². The van der Waals surface area contributed by atoms with Crippen molar-refractivity contribution >= 4 is 21.6 Å². The Morgan fingerprint density at radius 3 is 2.61 bits per heavy atom. The van der Waals surface area contributed by atoms with Gasteiger partial charge in [0.15, 0.2) is 0 Å². The van der Waals surface area contributed by atoms with E-state index in [0.717, 1.165) is 0 Å². The molecule has 0 aliphatic carbocycles. The van der Waals surface area contributed by atoms with Crippen molar-refractivity contribution in [2.45, 2.75) is 11.3 Å². The van der Waals surface area contributed by atoms with E-state index in [0.29, 0.717) is 25.3 Å². The van der Waals surface area contributed by atoms with Gasteiger partial charge >= 0.3 is 0 Å². The number of halogens is 1. The van der Waals surface area contributed by atoms with Crippen molar-refractivity contribution in [3.05, 3.63) is 23.2 Å². The van der Waals surface area contributed by atoms with E-state index in [2.05, 4.69) is 0 Å². The van der Waals surface area contributed by atoms with E-state index in [4.69, 9.17) is 22.1 Å². The summed E-state index contributed by atoms with van der Waals surface area (Å²) in [5.74, 6) is 0.445. The van der Waals surface area contributed by atoms with Crippen LogP contribution in [0.15, 0.2) is 23.1 Å². The molecule has 0 unspecified atom stereocenters. The Balaban J connectivity index is 3.01. The van der Waals surface area contributed by atoms with Gasteiger partial charge in [-0.1, -0.05) is 11.6 Å². The average Bonchev–Trinajstić information content (AvgIpc) is 2.35. The third-order valence-corrected chi connectivity index (χ3v) is 4.66. The van der Waals surface area contributed by atoms with Crippen molar-refractivity contribution < 1.29 is 13.2 Å². The zero-order valence-electron chi connectivity index (χ0n) is 10.4. The number of hydrogen-bond acceptors (Lipinski definition) is 4. The van der Waals surface area contributed by atoms with Crippen LogP contribution in [0, 0.1) is 0 Å². The molecule has 102 valence electrons. The van der Waals surface area contributed by atoms with Crippen LogP contribution in [-0.2, 0) is 10.0 Å². The van der Waals surface area contributed by atoms with E-state index in [-0.39, 0.29) is 9.92 Å². The van der Waals surface area contributed by atoms with Crippen LogP contribution in [0.5, 0.6) is 5.75 Å². The van der Waals surface area contributed by atoms with Gasteiger partial charge in [-0.3, -0.25) is 0 Å². The van der Waals surface area contributed by atoms with Gasteiger partial charge in [-0.05, 0) is 31.2 Å². The van der Waals surface area contributed by atoms with Crippen LogP contribution in [0.4, 0.5) is 0 Å². The molecular formula is C11H17ClN2O3S. The molecule has 18 heavy (non-hydrogen) atoms. The molecule has 7 heteroatoms. The smallest absolute Gasteiger partial charge is 0.242 e. The van der Waals surface area contributed by atoms with Gasteiger partial charge in [0.1, 0.15) is 5.75 Å². The number of nitrogens with zero attached hydrogens (tertiary/aromatic N) is 1. The molecule has 1 rings (SSSR count). The fourth-order valence-corrected chi connectivity index (χ4v) is 2.98. The highest BCUT2D eigenvalue weighted by Gasteiger charge is 2.21. The molecule has 0 aliphatic heterocycles. The van der Waals surface area contributed by atoms with E-state index in [1.807, 2.05) is 0 Å². The summed E-state index contributed by atoms with van der Waals surface area (Å²) >= 11 is 5.92. The maximum Gasteiger partial charge on any atom is 0.242 e. The Morgan fingerprint density at radius 1 is 1.44 bits per heavy atom. The summed E-state index contributed by atoms with van der Waals surface area (Å²) < 4.78 is 30.6. The largest absolute Gasteiger partial charge is 0.495 e. The minimum Gasteiger partial charge on any atom is -0.495 e. The zero-order valence-corrected chi connectivity index (χ0v) is 12.0. The number of sulfonamides is 1. The van der Waals surface area contributed by atoms with Gasteiger partial charge in [0, 0.05) is 13.6 Å². The van der Waals surface area contributed by atoms with Crippen molar-refractivity contribution in [3.63, 3.8) is 0 Å². The van der Waals surface area contributed by atoms with Gasteiger partial charge in [0.25, 0.3) is 0 Å². The van der Waals surface area contributed by atoms with E-state index in [1.54, 1.807) is 0 Å². The number of ether oxygens (including phenoxy) is 1. The highest BCUT2D eigenvalue weighted by atomic mass is 35.5. The average molecular weight is 293 g/mol. The molecular weight excluding hydrogens is 276 g/mol. The molecule has 0 atom stereocenters. The standard InChI is InChI=1S/C11H17ClN2O3S/c1-14(7-3-6-13)18(15,16)9-4-5-11(17-2)10(12)8-9/h4-5,8H,3,6-7,13H2,1-2H3. The first kappa shape index (κ1) is 15.2. The Bertz CT molecular complexity index is 505. The molecule has 0 bridgehead atoms. The molecule has 0 saturated heterocycles. The molecule has 0 amide bonds. The lowest BCUT2D eigenvalue weighted by Crippen LogP contribution is -2.29. The molecule has 0 aromatic heterocycles. The summed E-state index contributed by atoms with van der Waals surface area (Å²) in [5, 5.41) is 0.269. The minimum absolute atomic E-state index is 0.146. The second-order valence-corrected chi connectivity index (χ2v) is 6.22. The number of nitrogens with two attached hydrogens (primary N) is 1. The van der Waals surface area contributed by atoms with Crippen LogP contribution in [0.3, 0.4) is 0 Å². The lowest BCUT2D eigenvalue weighted by Gasteiger charge is -2.17.